The number of amides is 3. The maximum Gasteiger partial charge on any atom is 0.337 e. The number of benzene rings is 2. The predicted octanol–water partition coefficient (Wildman–Crippen LogP) is 2.38. The molecule has 126 valence electrons. The number of halogens is 1. The van der Waals surface area contributed by atoms with Crippen molar-refractivity contribution in [1.29, 1.82) is 0 Å². The minimum Gasteiger partial charge on any atom is -0.478 e. The number of nitrogens with one attached hydrogen (secondary N) is 1. The summed E-state index contributed by atoms with van der Waals surface area (Å²) in [6, 6.07) is 10.6. The van der Waals surface area contributed by atoms with Gasteiger partial charge in [-0.1, -0.05) is 28.1 Å². The quantitative estimate of drug-likeness (QED) is 0.763. The molecule has 0 aliphatic carbocycles. The summed E-state index contributed by atoms with van der Waals surface area (Å²) in [5, 5.41) is 11.6. The van der Waals surface area contributed by atoms with Gasteiger partial charge in [0, 0.05) is 4.47 Å². The van der Waals surface area contributed by atoms with E-state index in [1.54, 1.807) is 18.2 Å². The summed E-state index contributed by atoms with van der Waals surface area (Å²) in [5.74, 6) is -2.98. The van der Waals surface area contributed by atoms with Crippen molar-refractivity contribution in [3.63, 3.8) is 0 Å². The van der Waals surface area contributed by atoms with Gasteiger partial charge in [0.15, 0.2) is 0 Å². The molecule has 2 N–H and O–H groups in total. The smallest absolute Gasteiger partial charge is 0.337 e. The molecule has 1 heterocycles. The number of imide groups is 1. The predicted molar refractivity (Wildman–Crippen MR) is 91.5 cm³/mol. The van der Waals surface area contributed by atoms with E-state index in [1.165, 1.54) is 24.3 Å². The number of hydrogen-bond donors (Lipinski definition) is 2. The third-order valence-electron chi connectivity index (χ3n) is 3.67. The van der Waals surface area contributed by atoms with Crippen LogP contribution in [-0.4, -0.2) is 40.2 Å². The number of aromatic carboxylic acids is 1. The lowest BCUT2D eigenvalue weighted by molar-refractivity contribution is -0.116. The second-order valence-electron chi connectivity index (χ2n) is 5.29. The molecule has 25 heavy (non-hydrogen) atoms. The molecule has 0 bridgehead atoms. The molecule has 0 fully saturated rings. The Labute approximate surface area is 150 Å². The minimum atomic E-state index is -1.21. The number of carboxylic acids is 1. The zero-order valence-electron chi connectivity index (χ0n) is 12.7. The zero-order valence-corrected chi connectivity index (χ0v) is 14.2. The summed E-state index contributed by atoms with van der Waals surface area (Å²) in [7, 11) is 0. The van der Waals surface area contributed by atoms with Crippen molar-refractivity contribution in [2.45, 2.75) is 0 Å². The van der Waals surface area contributed by atoms with E-state index in [0.29, 0.717) is 4.47 Å². The van der Waals surface area contributed by atoms with Crippen molar-refractivity contribution >= 4 is 45.3 Å². The van der Waals surface area contributed by atoms with Gasteiger partial charge in [-0.3, -0.25) is 19.3 Å². The molecular weight excluding hydrogens is 392 g/mol. The van der Waals surface area contributed by atoms with E-state index in [9.17, 15) is 24.3 Å². The first-order valence-electron chi connectivity index (χ1n) is 7.16. The van der Waals surface area contributed by atoms with Gasteiger partial charge < -0.3 is 10.4 Å². The van der Waals surface area contributed by atoms with E-state index in [1.807, 2.05) is 0 Å². The molecular formula is C17H11BrN2O5. The summed E-state index contributed by atoms with van der Waals surface area (Å²) in [5.41, 5.74) is 0.465. The van der Waals surface area contributed by atoms with Crippen molar-refractivity contribution in [3.05, 3.63) is 63.6 Å². The van der Waals surface area contributed by atoms with Crippen LogP contribution in [0, 0.1) is 0 Å². The van der Waals surface area contributed by atoms with E-state index in [2.05, 4.69) is 21.2 Å². The van der Waals surface area contributed by atoms with Gasteiger partial charge in [0.2, 0.25) is 5.91 Å². The lowest BCUT2D eigenvalue weighted by Crippen LogP contribution is -2.37. The standard InChI is InChI=1S/C17H11BrN2O5/c18-9-5-6-13(12(7-9)17(24)25)19-14(21)8-20-15(22)10-3-1-2-4-11(10)16(20)23/h1-7H,8H2,(H,19,21)(H,24,25). The molecule has 0 aromatic heterocycles. The molecule has 3 rings (SSSR count). The van der Waals surface area contributed by atoms with Crippen LogP contribution in [0.4, 0.5) is 5.69 Å². The summed E-state index contributed by atoms with van der Waals surface area (Å²) in [6.45, 7) is -0.499. The number of rotatable bonds is 4. The molecule has 0 spiro atoms. The molecule has 0 atom stereocenters. The second kappa shape index (κ2) is 6.48. The Balaban J connectivity index is 1.78. The molecule has 1 aliphatic heterocycles. The molecule has 7 nitrogen and oxygen atoms in total. The molecule has 8 heteroatoms. The summed E-state index contributed by atoms with van der Waals surface area (Å²) in [4.78, 5) is 48.8. The molecule has 0 saturated heterocycles. The fraction of sp³-hybridized carbons (Fsp3) is 0.0588. The average molecular weight is 403 g/mol. The summed E-state index contributed by atoms with van der Waals surface area (Å²) >= 11 is 3.16. The fourth-order valence-corrected chi connectivity index (χ4v) is 2.88. The van der Waals surface area contributed by atoms with Crippen LogP contribution in [0.25, 0.3) is 0 Å². The first-order valence-corrected chi connectivity index (χ1v) is 7.95. The maximum absolute atomic E-state index is 12.2. The lowest BCUT2D eigenvalue weighted by atomic mass is 10.1. The van der Waals surface area contributed by atoms with Crippen LogP contribution in [0.5, 0.6) is 0 Å². The number of anilines is 1. The Hall–Kier alpha value is -3.00. The number of carbonyl (C=O) groups excluding carboxylic acids is 3. The van der Waals surface area contributed by atoms with Crippen molar-refractivity contribution in [3.8, 4) is 0 Å². The fourth-order valence-electron chi connectivity index (χ4n) is 2.52. The highest BCUT2D eigenvalue weighted by Crippen LogP contribution is 2.23. The van der Waals surface area contributed by atoms with Crippen molar-refractivity contribution in [2.75, 3.05) is 11.9 Å². The van der Waals surface area contributed by atoms with E-state index in [0.717, 1.165) is 4.90 Å². The Bertz CT molecular complexity index is 890. The number of fused-ring (bicyclic) bond motifs is 1. The molecule has 0 radical (unpaired) electrons. The van der Waals surface area contributed by atoms with Crippen molar-refractivity contribution in [1.82, 2.24) is 4.90 Å². The van der Waals surface area contributed by atoms with Crippen molar-refractivity contribution < 1.29 is 24.3 Å². The number of carbonyl (C=O) groups is 4. The first kappa shape index (κ1) is 16.8. The molecule has 2 aromatic rings. The minimum absolute atomic E-state index is 0.0808. The Morgan fingerprint density at radius 2 is 1.64 bits per heavy atom. The van der Waals surface area contributed by atoms with Crippen LogP contribution in [0.1, 0.15) is 31.1 Å². The highest BCUT2D eigenvalue weighted by Gasteiger charge is 2.36. The van der Waals surface area contributed by atoms with Crippen LogP contribution in [0.2, 0.25) is 0 Å². The molecule has 0 saturated carbocycles. The van der Waals surface area contributed by atoms with Gasteiger partial charge in [0.05, 0.1) is 22.4 Å². The normalized spacial score (nSPS) is 12.9. The van der Waals surface area contributed by atoms with E-state index in [-0.39, 0.29) is 22.4 Å². The Kier molecular flexibility index (Phi) is 4.37. The average Bonchev–Trinajstić information content (AvgIpc) is 2.82. The SMILES string of the molecule is O=C(CN1C(=O)c2ccccc2C1=O)Nc1ccc(Br)cc1C(=O)O. The number of nitrogens with zero attached hydrogens (tertiary/aromatic N) is 1. The highest BCUT2D eigenvalue weighted by atomic mass is 79.9. The second-order valence-corrected chi connectivity index (χ2v) is 6.20. The molecule has 1 aliphatic rings. The first-order chi connectivity index (χ1) is 11.9. The van der Waals surface area contributed by atoms with Crippen LogP contribution < -0.4 is 5.32 Å². The van der Waals surface area contributed by atoms with Crippen LogP contribution in [-0.2, 0) is 4.79 Å². The van der Waals surface area contributed by atoms with Gasteiger partial charge in [-0.2, -0.15) is 0 Å². The monoisotopic (exact) mass is 402 g/mol. The van der Waals surface area contributed by atoms with Gasteiger partial charge in [-0.15, -0.1) is 0 Å². The van der Waals surface area contributed by atoms with Crippen molar-refractivity contribution in [2.24, 2.45) is 0 Å². The third-order valence-corrected chi connectivity index (χ3v) is 4.16. The highest BCUT2D eigenvalue weighted by molar-refractivity contribution is 9.10. The number of hydrogen-bond acceptors (Lipinski definition) is 4. The van der Waals surface area contributed by atoms with Crippen LogP contribution >= 0.6 is 15.9 Å². The van der Waals surface area contributed by atoms with E-state index < -0.39 is 30.2 Å². The molecule has 3 amide bonds. The van der Waals surface area contributed by atoms with Crippen LogP contribution in [0.15, 0.2) is 46.9 Å². The summed E-state index contributed by atoms with van der Waals surface area (Å²) in [6.07, 6.45) is 0. The Morgan fingerprint density at radius 1 is 1.04 bits per heavy atom. The lowest BCUT2D eigenvalue weighted by Gasteiger charge is -2.14. The topological polar surface area (TPSA) is 104 Å². The summed E-state index contributed by atoms with van der Waals surface area (Å²) < 4.78 is 0.545. The van der Waals surface area contributed by atoms with Gasteiger partial charge >= 0.3 is 5.97 Å². The third kappa shape index (κ3) is 3.16. The van der Waals surface area contributed by atoms with Gasteiger partial charge in [0.25, 0.3) is 11.8 Å². The van der Waals surface area contributed by atoms with Gasteiger partial charge in [-0.25, -0.2) is 4.79 Å². The van der Waals surface area contributed by atoms with Crippen LogP contribution in [0.3, 0.4) is 0 Å². The molecule has 0 unspecified atom stereocenters. The van der Waals surface area contributed by atoms with Gasteiger partial charge in [0.1, 0.15) is 6.54 Å². The zero-order chi connectivity index (χ0) is 18.1. The largest absolute Gasteiger partial charge is 0.478 e. The van der Waals surface area contributed by atoms with E-state index in [4.69, 9.17) is 0 Å². The Morgan fingerprint density at radius 3 is 2.20 bits per heavy atom. The molecule has 2 aromatic carbocycles. The van der Waals surface area contributed by atoms with Gasteiger partial charge in [-0.05, 0) is 30.3 Å². The maximum atomic E-state index is 12.2. The van der Waals surface area contributed by atoms with E-state index >= 15 is 0 Å². The number of carboxylic acid groups (broad SMARTS) is 1.